The maximum Gasteiger partial charge on any atom is 0.301 e. The van der Waals surface area contributed by atoms with Crippen molar-refractivity contribution in [2.24, 2.45) is 5.10 Å². The molecule has 1 aromatic heterocycles. The van der Waals surface area contributed by atoms with Crippen molar-refractivity contribution >= 4 is 23.3 Å². The molecule has 0 aliphatic carbocycles. The third kappa shape index (κ3) is 4.04. The van der Waals surface area contributed by atoms with Gasteiger partial charge in [-0.15, -0.1) is 0 Å². The van der Waals surface area contributed by atoms with Crippen molar-refractivity contribution in [3.05, 3.63) is 90.8 Å². The van der Waals surface area contributed by atoms with Gasteiger partial charge in [-0.2, -0.15) is 5.10 Å². The lowest BCUT2D eigenvalue weighted by atomic mass is 10.1. The Bertz CT molecular complexity index is 1180. The molecule has 1 heterocycles. The highest BCUT2D eigenvalue weighted by Gasteiger charge is 2.19. The highest BCUT2D eigenvalue weighted by molar-refractivity contribution is 5.83. The van der Waals surface area contributed by atoms with Crippen molar-refractivity contribution in [2.75, 3.05) is 5.43 Å². The summed E-state index contributed by atoms with van der Waals surface area (Å²) in [7, 11) is 0. The summed E-state index contributed by atoms with van der Waals surface area (Å²) in [6, 6.07) is 11.6. The molecule has 9 nitrogen and oxygen atoms in total. The van der Waals surface area contributed by atoms with Gasteiger partial charge < -0.3 is 4.57 Å². The van der Waals surface area contributed by atoms with Crippen LogP contribution in [0.15, 0.2) is 47.6 Å². The smallest absolute Gasteiger partial charge is 0.301 e. The number of nitro groups is 2. The lowest BCUT2D eigenvalue weighted by Gasteiger charge is -2.13. The molecule has 0 fully saturated rings. The van der Waals surface area contributed by atoms with Crippen LogP contribution in [-0.4, -0.2) is 20.6 Å². The molecule has 0 spiro atoms. The van der Waals surface area contributed by atoms with Gasteiger partial charge in [0.2, 0.25) is 0 Å². The van der Waals surface area contributed by atoms with Gasteiger partial charge in [0, 0.05) is 28.7 Å². The van der Waals surface area contributed by atoms with E-state index in [0.29, 0.717) is 0 Å². The summed E-state index contributed by atoms with van der Waals surface area (Å²) in [6.45, 7) is 8.08. The van der Waals surface area contributed by atoms with Gasteiger partial charge in [-0.25, -0.2) is 0 Å². The van der Waals surface area contributed by atoms with E-state index in [9.17, 15) is 20.2 Å². The molecule has 0 atom stereocenters. The number of benzene rings is 2. The molecule has 1 N–H and O–H groups in total. The fourth-order valence-corrected chi connectivity index (χ4v) is 3.40. The molecular weight excluding hydrogens is 386 g/mol. The van der Waals surface area contributed by atoms with E-state index in [4.69, 9.17) is 0 Å². The van der Waals surface area contributed by atoms with Gasteiger partial charge in [-0.1, -0.05) is 17.7 Å². The predicted molar refractivity (Wildman–Crippen MR) is 116 cm³/mol. The van der Waals surface area contributed by atoms with Crippen LogP contribution in [0.3, 0.4) is 0 Å². The SMILES string of the molecule is Cc1ccc(-n2c(C)cc(C=NNc3ccc([N+](=O)[O-])cc3[N+](=O)[O-])c2C)c(C)c1. The summed E-state index contributed by atoms with van der Waals surface area (Å²) in [4.78, 5) is 20.7. The maximum atomic E-state index is 11.2. The van der Waals surface area contributed by atoms with Crippen molar-refractivity contribution in [3.8, 4) is 5.69 Å². The number of nitrogens with zero attached hydrogens (tertiary/aromatic N) is 4. The Morgan fingerprint density at radius 3 is 2.33 bits per heavy atom. The molecule has 0 bridgehead atoms. The van der Waals surface area contributed by atoms with E-state index in [1.54, 1.807) is 6.21 Å². The summed E-state index contributed by atoms with van der Waals surface area (Å²) >= 11 is 0. The zero-order valence-corrected chi connectivity index (χ0v) is 17.0. The molecule has 0 saturated carbocycles. The Kier molecular flexibility index (Phi) is 5.63. The van der Waals surface area contributed by atoms with Gasteiger partial charge in [-0.05, 0) is 51.5 Å². The van der Waals surface area contributed by atoms with Crippen molar-refractivity contribution in [3.63, 3.8) is 0 Å². The number of hydrogen-bond acceptors (Lipinski definition) is 6. The molecule has 0 saturated heterocycles. The zero-order valence-electron chi connectivity index (χ0n) is 17.0. The number of non-ortho nitro benzene ring substituents is 1. The van der Waals surface area contributed by atoms with Crippen molar-refractivity contribution in [1.82, 2.24) is 4.57 Å². The van der Waals surface area contributed by atoms with Gasteiger partial charge >= 0.3 is 5.69 Å². The van der Waals surface area contributed by atoms with Crippen LogP contribution in [0.5, 0.6) is 0 Å². The second-order valence-corrected chi connectivity index (χ2v) is 7.04. The van der Waals surface area contributed by atoms with Crippen LogP contribution in [0.25, 0.3) is 5.69 Å². The topological polar surface area (TPSA) is 116 Å². The minimum absolute atomic E-state index is 0.0741. The summed E-state index contributed by atoms with van der Waals surface area (Å²) in [6.07, 6.45) is 1.58. The minimum atomic E-state index is -0.684. The maximum absolute atomic E-state index is 11.2. The Labute approximate surface area is 173 Å². The number of hydrogen-bond donors (Lipinski definition) is 1. The van der Waals surface area contributed by atoms with Crippen LogP contribution in [0.2, 0.25) is 0 Å². The summed E-state index contributed by atoms with van der Waals surface area (Å²) < 4.78 is 2.13. The van der Waals surface area contributed by atoms with E-state index >= 15 is 0 Å². The average Bonchev–Trinajstić information content (AvgIpc) is 2.95. The van der Waals surface area contributed by atoms with E-state index in [2.05, 4.69) is 40.2 Å². The highest BCUT2D eigenvalue weighted by atomic mass is 16.6. The molecule has 9 heteroatoms. The molecule has 0 amide bonds. The molecule has 30 heavy (non-hydrogen) atoms. The van der Waals surface area contributed by atoms with E-state index < -0.39 is 15.5 Å². The molecular formula is C21H21N5O4. The number of hydrazone groups is 1. The quantitative estimate of drug-likeness (QED) is 0.352. The van der Waals surface area contributed by atoms with E-state index in [1.807, 2.05) is 26.8 Å². The molecule has 154 valence electrons. The lowest BCUT2D eigenvalue weighted by Crippen LogP contribution is -2.02. The molecule has 2 aromatic carbocycles. The van der Waals surface area contributed by atoms with Gasteiger partial charge in [0.15, 0.2) is 0 Å². The van der Waals surface area contributed by atoms with Crippen molar-refractivity contribution in [2.45, 2.75) is 27.7 Å². The Balaban J connectivity index is 1.90. The van der Waals surface area contributed by atoms with Gasteiger partial charge in [0.1, 0.15) is 5.69 Å². The van der Waals surface area contributed by atoms with Crippen LogP contribution in [-0.2, 0) is 0 Å². The third-order valence-electron chi connectivity index (χ3n) is 4.84. The Morgan fingerprint density at radius 2 is 1.70 bits per heavy atom. The van der Waals surface area contributed by atoms with Gasteiger partial charge in [-0.3, -0.25) is 25.7 Å². The van der Waals surface area contributed by atoms with Crippen LogP contribution in [0.4, 0.5) is 17.1 Å². The fourth-order valence-electron chi connectivity index (χ4n) is 3.40. The fraction of sp³-hybridized carbons (Fsp3) is 0.190. The molecule has 0 aliphatic rings. The first-order valence-corrected chi connectivity index (χ1v) is 9.17. The van der Waals surface area contributed by atoms with Gasteiger partial charge in [0.25, 0.3) is 5.69 Å². The Morgan fingerprint density at radius 1 is 0.967 bits per heavy atom. The van der Waals surface area contributed by atoms with E-state index in [0.717, 1.165) is 34.3 Å². The van der Waals surface area contributed by atoms with Gasteiger partial charge in [0.05, 0.1) is 22.1 Å². The number of aryl methyl sites for hydroxylation is 3. The first-order valence-electron chi connectivity index (χ1n) is 9.17. The summed E-state index contributed by atoms with van der Waals surface area (Å²) in [5, 5.41) is 26.2. The number of anilines is 1. The number of nitrogens with one attached hydrogen (secondary N) is 1. The van der Waals surface area contributed by atoms with Crippen LogP contribution in [0, 0.1) is 47.9 Å². The first-order chi connectivity index (χ1) is 14.2. The third-order valence-corrected chi connectivity index (χ3v) is 4.84. The van der Waals surface area contributed by atoms with E-state index in [1.165, 1.54) is 17.7 Å². The molecule has 0 radical (unpaired) electrons. The standard InChI is InChI=1S/C21H21N5O4/c1-13-5-8-20(14(2)9-13)24-15(3)10-17(16(24)4)12-22-23-19-7-6-18(25(27)28)11-21(19)26(29)30/h5-12,23H,1-4H3. The normalized spacial score (nSPS) is 11.1. The van der Waals surface area contributed by atoms with Crippen LogP contribution < -0.4 is 5.43 Å². The second-order valence-electron chi connectivity index (χ2n) is 7.04. The molecule has 3 rings (SSSR count). The summed E-state index contributed by atoms with van der Waals surface area (Å²) in [5.74, 6) is 0. The minimum Gasteiger partial charge on any atom is -0.318 e. The van der Waals surface area contributed by atoms with Crippen molar-refractivity contribution < 1.29 is 9.85 Å². The number of nitro benzene ring substituents is 2. The van der Waals surface area contributed by atoms with Crippen molar-refractivity contribution in [1.29, 1.82) is 0 Å². The number of rotatable bonds is 6. The zero-order chi connectivity index (χ0) is 22.0. The molecule has 0 aliphatic heterocycles. The average molecular weight is 407 g/mol. The van der Waals surface area contributed by atoms with Crippen LogP contribution >= 0.6 is 0 Å². The lowest BCUT2D eigenvalue weighted by molar-refractivity contribution is -0.393. The number of aromatic nitrogens is 1. The highest BCUT2D eigenvalue weighted by Crippen LogP contribution is 2.29. The predicted octanol–water partition coefficient (Wildman–Crippen LogP) is 4.97. The first kappa shape index (κ1) is 20.7. The van der Waals surface area contributed by atoms with Crippen LogP contribution in [0.1, 0.15) is 28.1 Å². The molecule has 3 aromatic rings. The summed E-state index contributed by atoms with van der Waals surface area (Å²) in [5.41, 5.74) is 8.20. The monoisotopic (exact) mass is 407 g/mol. The van der Waals surface area contributed by atoms with E-state index in [-0.39, 0.29) is 11.4 Å². The Hall–Kier alpha value is -4.01. The molecule has 0 unspecified atom stereocenters. The largest absolute Gasteiger partial charge is 0.318 e. The second kappa shape index (κ2) is 8.16.